The minimum absolute atomic E-state index is 0.0420. The number of aliphatic hydroxyl groups is 10. The van der Waals surface area contributed by atoms with E-state index in [1.165, 1.54) is 4.90 Å². The zero-order chi connectivity index (χ0) is 30.1. The van der Waals surface area contributed by atoms with Gasteiger partial charge in [-0.3, -0.25) is 4.90 Å². The second-order valence-corrected chi connectivity index (χ2v) is 9.89. The predicted octanol–water partition coefficient (Wildman–Crippen LogP) is -4.17. The maximum atomic E-state index is 10.5. The molecule has 10 N–H and O–H groups in total. The van der Waals surface area contributed by atoms with Crippen molar-refractivity contribution < 1.29 is 60.4 Å². The SMILES string of the molecule is CCn1c(C)[n+](CC)c2ccc(OCCN(C[C@H](O)[C@@H](O)[C@H](O)[C@H](O)CO)C[C@H](O)[C@@H](O)[C@H](O)[C@H](O)CO)cc21. The van der Waals surface area contributed by atoms with Crippen LogP contribution >= 0.6 is 0 Å². The average molecular weight is 577 g/mol. The van der Waals surface area contributed by atoms with Crippen LogP contribution < -0.4 is 9.30 Å². The van der Waals surface area contributed by atoms with Gasteiger partial charge in [-0.25, -0.2) is 9.13 Å². The van der Waals surface area contributed by atoms with Gasteiger partial charge in [-0.2, -0.15) is 0 Å². The molecule has 40 heavy (non-hydrogen) atoms. The molecule has 2 rings (SSSR count). The van der Waals surface area contributed by atoms with Gasteiger partial charge in [-0.15, -0.1) is 0 Å². The van der Waals surface area contributed by atoms with Crippen LogP contribution in [0.15, 0.2) is 18.2 Å². The summed E-state index contributed by atoms with van der Waals surface area (Å²) >= 11 is 0. The Morgan fingerprint density at radius 3 is 1.75 bits per heavy atom. The first-order chi connectivity index (χ1) is 18.9. The Labute approximate surface area is 233 Å². The summed E-state index contributed by atoms with van der Waals surface area (Å²) in [6, 6.07) is 5.67. The predicted molar refractivity (Wildman–Crippen MR) is 142 cm³/mol. The van der Waals surface area contributed by atoms with Crippen molar-refractivity contribution in [2.24, 2.45) is 0 Å². The van der Waals surface area contributed by atoms with Crippen LogP contribution in [0.3, 0.4) is 0 Å². The second-order valence-electron chi connectivity index (χ2n) is 9.89. The molecule has 0 spiro atoms. The lowest BCUT2D eigenvalue weighted by Gasteiger charge is -2.33. The highest BCUT2D eigenvalue weighted by molar-refractivity contribution is 5.74. The molecular weight excluding hydrogens is 530 g/mol. The number of benzene rings is 1. The van der Waals surface area contributed by atoms with E-state index in [9.17, 15) is 40.9 Å². The Morgan fingerprint density at radius 2 is 1.30 bits per heavy atom. The third-order valence-corrected chi connectivity index (χ3v) is 7.16. The molecule has 0 fully saturated rings. The summed E-state index contributed by atoms with van der Waals surface area (Å²) in [6.07, 6.45) is -14.1. The third-order valence-electron chi connectivity index (χ3n) is 7.16. The molecular formula is C26H46N3O11+. The van der Waals surface area contributed by atoms with E-state index in [2.05, 4.69) is 16.1 Å². The molecule has 1 aromatic heterocycles. The number of fused-ring (bicyclic) bond motifs is 1. The summed E-state index contributed by atoms with van der Waals surface area (Å²) < 4.78 is 10.3. The van der Waals surface area contributed by atoms with Crippen molar-refractivity contribution in [3.05, 3.63) is 24.0 Å². The standard InChI is InChI=1S/C26H46N3O11/c1-4-28-15(3)29(5-2)18-10-16(6-7-17(18)28)40-9-8-27(11-19(32)23(36)25(38)21(34)13-30)12-20(33)24(37)26(39)22(35)14-31/h6-7,10,19-26,30-39H,4-5,8-9,11-14H2,1-3H3/q+1/t19-,20-,21+,22+,23+,24+,25+,26+/m0/s1. The lowest BCUT2D eigenvalue weighted by atomic mass is 10.0. The highest BCUT2D eigenvalue weighted by atomic mass is 16.5. The minimum Gasteiger partial charge on any atom is -0.492 e. The van der Waals surface area contributed by atoms with Gasteiger partial charge in [0.1, 0.15) is 49.0 Å². The smallest absolute Gasteiger partial charge is 0.254 e. The largest absolute Gasteiger partial charge is 0.492 e. The molecule has 1 aromatic carbocycles. The van der Waals surface area contributed by atoms with E-state index in [0.717, 1.165) is 29.9 Å². The van der Waals surface area contributed by atoms with Crippen LogP contribution in [0.5, 0.6) is 5.75 Å². The van der Waals surface area contributed by atoms with Gasteiger partial charge in [0.15, 0.2) is 11.0 Å². The van der Waals surface area contributed by atoms with Gasteiger partial charge in [0.25, 0.3) is 5.82 Å². The highest BCUT2D eigenvalue weighted by Crippen LogP contribution is 2.21. The number of aryl methyl sites for hydroxylation is 2. The van der Waals surface area contributed by atoms with Crippen LogP contribution in [0.2, 0.25) is 0 Å². The van der Waals surface area contributed by atoms with E-state index in [1.807, 2.05) is 32.0 Å². The first-order valence-electron chi connectivity index (χ1n) is 13.5. The summed E-state index contributed by atoms with van der Waals surface area (Å²) in [4.78, 5) is 1.39. The maximum Gasteiger partial charge on any atom is 0.254 e. The molecule has 0 bridgehead atoms. The van der Waals surface area contributed by atoms with Crippen molar-refractivity contribution in [2.45, 2.75) is 82.7 Å². The Bertz CT molecular complexity index is 1010. The molecule has 0 saturated carbocycles. The summed E-state index contributed by atoms with van der Waals surface area (Å²) in [7, 11) is 0. The van der Waals surface area contributed by atoms with Gasteiger partial charge in [0.2, 0.25) is 0 Å². The Balaban J connectivity index is 2.17. The highest BCUT2D eigenvalue weighted by Gasteiger charge is 2.34. The number of aromatic nitrogens is 2. The number of rotatable bonds is 18. The maximum absolute atomic E-state index is 10.5. The van der Waals surface area contributed by atoms with E-state index in [1.54, 1.807) is 0 Å². The van der Waals surface area contributed by atoms with Crippen molar-refractivity contribution >= 4 is 11.0 Å². The fourth-order valence-corrected chi connectivity index (χ4v) is 4.75. The van der Waals surface area contributed by atoms with Crippen LogP contribution in [0, 0.1) is 6.92 Å². The van der Waals surface area contributed by atoms with E-state index in [4.69, 9.17) is 14.9 Å². The lowest BCUT2D eigenvalue weighted by Crippen LogP contribution is -2.53. The molecule has 14 nitrogen and oxygen atoms in total. The fourth-order valence-electron chi connectivity index (χ4n) is 4.75. The van der Waals surface area contributed by atoms with Crippen molar-refractivity contribution in [3.8, 4) is 5.75 Å². The van der Waals surface area contributed by atoms with Crippen LogP contribution in [-0.2, 0) is 13.1 Å². The van der Waals surface area contributed by atoms with Crippen molar-refractivity contribution in [1.82, 2.24) is 9.47 Å². The summed E-state index contributed by atoms with van der Waals surface area (Å²) in [5.41, 5.74) is 2.04. The molecule has 1 heterocycles. The topological polar surface area (TPSA) is 224 Å². The number of nitrogens with zero attached hydrogens (tertiary/aromatic N) is 3. The summed E-state index contributed by atoms with van der Waals surface area (Å²) in [6.45, 7) is 5.39. The molecule has 14 heteroatoms. The Kier molecular flexibility index (Phi) is 13.6. The molecule has 0 aliphatic heterocycles. The van der Waals surface area contributed by atoms with Crippen LogP contribution in [-0.4, -0.2) is 149 Å². The molecule has 0 aliphatic carbocycles. The van der Waals surface area contributed by atoms with Crippen LogP contribution in [0.25, 0.3) is 11.0 Å². The molecule has 0 amide bonds. The van der Waals surface area contributed by atoms with Gasteiger partial charge in [-0.1, -0.05) is 0 Å². The van der Waals surface area contributed by atoms with Gasteiger partial charge in [-0.05, 0) is 26.0 Å². The summed E-state index contributed by atoms with van der Waals surface area (Å²) in [5.74, 6) is 1.66. The van der Waals surface area contributed by atoms with E-state index in [0.29, 0.717) is 5.75 Å². The number of ether oxygens (including phenoxy) is 1. The van der Waals surface area contributed by atoms with Crippen molar-refractivity contribution in [1.29, 1.82) is 0 Å². The first-order valence-corrected chi connectivity index (χ1v) is 13.5. The van der Waals surface area contributed by atoms with Gasteiger partial charge in [0.05, 0.1) is 38.5 Å². The first kappa shape index (κ1) is 34.3. The van der Waals surface area contributed by atoms with E-state index < -0.39 is 62.0 Å². The van der Waals surface area contributed by atoms with Crippen LogP contribution in [0.1, 0.15) is 19.7 Å². The fraction of sp³-hybridized carbons (Fsp3) is 0.731. The van der Waals surface area contributed by atoms with Gasteiger partial charge >= 0.3 is 0 Å². The number of imidazole rings is 1. The van der Waals surface area contributed by atoms with Gasteiger partial charge < -0.3 is 55.8 Å². The second kappa shape index (κ2) is 15.9. The zero-order valence-electron chi connectivity index (χ0n) is 23.2. The molecule has 0 radical (unpaired) electrons. The van der Waals surface area contributed by atoms with E-state index in [-0.39, 0.29) is 26.2 Å². The van der Waals surface area contributed by atoms with E-state index >= 15 is 0 Å². The Morgan fingerprint density at radius 1 is 0.800 bits per heavy atom. The average Bonchev–Trinajstić information content (AvgIpc) is 3.23. The number of aliphatic hydroxyl groups excluding tert-OH is 10. The zero-order valence-corrected chi connectivity index (χ0v) is 23.2. The molecule has 0 saturated heterocycles. The molecule has 0 aliphatic rings. The normalized spacial score (nSPS) is 18.4. The van der Waals surface area contributed by atoms with Crippen molar-refractivity contribution in [2.75, 3.05) is 39.5 Å². The number of hydrogen-bond donors (Lipinski definition) is 10. The molecule has 230 valence electrons. The van der Waals surface area contributed by atoms with Crippen molar-refractivity contribution in [3.63, 3.8) is 0 Å². The number of hydrogen-bond acceptors (Lipinski definition) is 12. The lowest BCUT2D eigenvalue weighted by molar-refractivity contribution is -0.674. The van der Waals surface area contributed by atoms with Crippen LogP contribution in [0.4, 0.5) is 0 Å². The third kappa shape index (κ3) is 8.30. The van der Waals surface area contributed by atoms with Gasteiger partial charge in [0, 0.05) is 32.6 Å². The monoisotopic (exact) mass is 576 g/mol. The molecule has 2 aromatic rings. The minimum atomic E-state index is -1.86. The Hall–Kier alpha value is -1.95. The molecule has 8 atom stereocenters. The molecule has 0 unspecified atom stereocenters. The summed E-state index contributed by atoms with van der Waals surface area (Å²) in [5, 5.41) is 98.5. The quantitative estimate of drug-likeness (QED) is 0.0764.